The first-order valence-corrected chi connectivity index (χ1v) is 5.24. The van der Waals surface area contributed by atoms with E-state index < -0.39 is 0 Å². The molecule has 2 N–H and O–H groups in total. The number of hydrogen-bond donors (Lipinski definition) is 2. The van der Waals surface area contributed by atoms with Crippen LogP contribution in [0, 0.1) is 0 Å². The van der Waals surface area contributed by atoms with Gasteiger partial charge in [-0.2, -0.15) is 0 Å². The topological polar surface area (TPSA) is 44.4 Å². The molecule has 0 atom stereocenters. The molecular formula is C11H21N3O. The molecule has 0 aromatic rings. The average molecular weight is 211 g/mol. The van der Waals surface area contributed by atoms with Gasteiger partial charge in [-0.05, 0) is 33.8 Å². The summed E-state index contributed by atoms with van der Waals surface area (Å²) in [7, 11) is 0. The van der Waals surface area contributed by atoms with Crippen LogP contribution in [0.1, 0.15) is 27.7 Å². The molecule has 0 unspecified atom stereocenters. The van der Waals surface area contributed by atoms with E-state index in [9.17, 15) is 4.79 Å². The van der Waals surface area contributed by atoms with Crippen molar-refractivity contribution in [1.29, 1.82) is 0 Å². The summed E-state index contributed by atoms with van der Waals surface area (Å²) in [5.41, 5.74) is 2.69. The molecule has 0 aromatic carbocycles. The third-order valence-corrected chi connectivity index (χ3v) is 2.73. The van der Waals surface area contributed by atoms with E-state index in [1.807, 2.05) is 5.01 Å². The lowest BCUT2D eigenvalue weighted by molar-refractivity contribution is -0.132. The summed E-state index contributed by atoms with van der Waals surface area (Å²) in [6.07, 6.45) is 1.30. The van der Waals surface area contributed by atoms with Crippen LogP contribution >= 0.6 is 0 Å². The van der Waals surface area contributed by atoms with E-state index in [-0.39, 0.29) is 17.0 Å². The Kier molecular flexibility index (Phi) is 3.21. The number of carbonyl (C=O) groups excluding carboxylic acids is 1. The van der Waals surface area contributed by atoms with E-state index in [1.54, 1.807) is 0 Å². The summed E-state index contributed by atoms with van der Waals surface area (Å²) in [5, 5.41) is 5.38. The zero-order valence-electron chi connectivity index (χ0n) is 10.1. The maximum atomic E-state index is 11.4. The lowest BCUT2D eigenvalue weighted by Crippen LogP contribution is -2.72. The van der Waals surface area contributed by atoms with Gasteiger partial charge in [-0.3, -0.25) is 10.2 Å². The van der Waals surface area contributed by atoms with Crippen molar-refractivity contribution in [2.24, 2.45) is 0 Å². The summed E-state index contributed by atoms with van der Waals surface area (Å²) in [6, 6.07) is 0. The van der Waals surface area contributed by atoms with E-state index in [4.69, 9.17) is 0 Å². The molecule has 1 heterocycles. The van der Waals surface area contributed by atoms with Gasteiger partial charge in [-0.1, -0.05) is 6.58 Å². The van der Waals surface area contributed by atoms with Gasteiger partial charge in [0.05, 0.1) is 0 Å². The van der Waals surface area contributed by atoms with Gasteiger partial charge in [0, 0.05) is 24.2 Å². The molecule has 4 heteroatoms. The lowest BCUT2D eigenvalue weighted by Gasteiger charge is -2.52. The van der Waals surface area contributed by atoms with Gasteiger partial charge in [0.2, 0.25) is 0 Å². The molecule has 4 nitrogen and oxygen atoms in total. The smallest absolute Gasteiger partial charge is 0.257 e. The minimum absolute atomic E-state index is 0.0968. The van der Waals surface area contributed by atoms with Gasteiger partial charge in [-0.15, -0.1) is 0 Å². The Bertz CT molecular complexity index is 255. The van der Waals surface area contributed by atoms with E-state index >= 15 is 0 Å². The summed E-state index contributed by atoms with van der Waals surface area (Å²) < 4.78 is 0. The lowest BCUT2D eigenvalue weighted by atomic mass is 9.91. The number of amides is 1. The Hall–Kier alpha value is -0.870. The first kappa shape index (κ1) is 12.2. The normalized spacial score (nSPS) is 24.5. The maximum absolute atomic E-state index is 11.4. The molecule has 0 spiro atoms. The molecule has 15 heavy (non-hydrogen) atoms. The van der Waals surface area contributed by atoms with E-state index in [2.05, 4.69) is 45.0 Å². The van der Waals surface area contributed by atoms with Crippen molar-refractivity contribution in [2.75, 3.05) is 13.1 Å². The third kappa shape index (κ3) is 2.58. The van der Waals surface area contributed by atoms with Crippen molar-refractivity contribution in [3.63, 3.8) is 0 Å². The fraction of sp³-hybridized carbons (Fsp3) is 0.727. The molecule has 0 bridgehead atoms. The van der Waals surface area contributed by atoms with Gasteiger partial charge >= 0.3 is 0 Å². The first-order valence-electron chi connectivity index (χ1n) is 5.24. The van der Waals surface area contributed by atoms with E-state index in [0.717, 1.165) is 13.1 Å². The van der Waals surface area contributed by atoms with Crippen LogP contribution in [0.4, 0.5) is 0 Å². The summed E-state index contributed by atoms with van der Waals surface area (Å²) in [4.78, 5) is 11.4. The Labute approximate surface area is 91.7 Å². The molecule has 1 rings (SSSR count). The van der Waals surface area contributed by atoms with Gasteiger partial charge in [-0.25, -0.2) is 5.01 Å². The summed E-state index contributed by atoms with van der Waals surface area (Å²) in [6.45, 7) is 13.6. The predicted octanol–water partition coefficient (Wildman–Crippen LogP) is 0.666. The molecule has 86 valence electrons. The fourth-order valence-corrected chi connectivity index (χ4v) is 2.11. The highest BCUT2D eigenvalue weighted by atomic mass is 16.2. The van der Waals surface area contributed by atoms with Crippen LogP contribution in [0.15, 0.2) is 12.7 Å². The fourth-order valence-electron chi connectivity index (χ4n) is 2.11. The summed E-state index contributed by atoms with van der Waals surface area (Å²) in [5.74, 6) is -0.155. The number of carbonyl (C=O) groups is 1. The van der Waals surface area contributed by atoms with Gasteiger partial charge in [0.15, 0.2) is 0 Å². The van der Waals surface area contributed by atoms with Crippen LogP contribution in [0.25, 0.3) is 0 Å². The first-order chi connectivity index (χ1) is 6.79. The molecular weight excluding hydrogens is 190 g/mol. The van der Waals surface area contributed by atoms with Crippen LogP contribution in [0.3, 0.4) is 0 Å². The molecule has 0 radical (unpaired) electrons. The summed E-state index contributed by atoms with van der Waals surface area (Å²) >= 11 is 0. The van der Waals surface area contributed by atoms with Gasteiger partial charge < -0.3 is 5.32 Å². The molecule has 0 saturated carbocycles. The second-order valence-corrected chi connectivity index (χ2v) is 5.24. The molecule has 1 amide bonds. The molecule has 1 aliphatic rings. The SMILES string of the molecule is C=CC(=O)NN1C(C)(C)CNCC1(C)C. The standard InChI is InChI=1S/C11H21N3O/c1-6-9(15)13-14-10(2,3)7-12-8-11(14,4)5/h6,12H,1,7-8H2,2-5H3,(H,13,15). The zero-order valence-corrected chi connectivity index (χ0v) is 10.1. The Morgan fingerprint density at radius 2 is 1.80 bits per heavy atom. The quantitative estimate of drug-likeness (QED) is 0.660. The molecule has 1 fully saturated rings. The van der Waals surface area contributed by atoms with Gasteiger partial charge in [0.25, 0.3) is 5.91 Å². The minimum Gasteiger partial charge on any atom is -0.313 e. The highest BCUT2D eigenvalue weighted by Crippen LogP contribution is 2.25. The number of nitrogens with zero attached hydrogens (tertiary/aromatic N) is 1. The van der Waals surface area contributed by atoms with Crippen LogP contribution in [0.5, 0.6) is 0 Å². The predicted molar refractivity (Wildman–Crippen MR) is 61.2 cm³/mol. The highest BCUT2D eigenvalue weighted by molar-refractivity contribution is 5.86. The number of rotatable bonds is 2. The Morgan fingerprint density at radius 1 is 1.33 bits per heavy atom. The van der Waals surface area contributed by atoms with Crippen molar-refractivity contribution in [3.05, 3.63) is 12.7 Å². The third-order valence-electron chi connectivity index (χ3n) is 2.73. The molecule has 0 aromatic heterocycles. The molecule has 1 aliphatic heterocycles. The second-order valence-electron chi connectivity index (χ2n) is 5.24. The number of nitrogens with one attached hydrogen (secondary N) is 2. The second kappa shape index (κ2) is 3.94. The van der Waals surface area contributed by atoms with E-state index in [0.29, 0.717) is 0 Å². The van der Waals surface area contributed by atoms with Crippen LogP contribution in [-0.2, 0) is 4.79 Å². The van der Waals surface area contributed by atoms with Crippen LogP contribution < -0.4 is 10.7 Å². The van der Waals surface area contributed by atoms with Crippen molar-refractivity contribution in [3.8, 4) is 0 Å². The Balaban J connectivity index is 2.86. The van der Waals surface area contributed by atoms with Crippen LogP contribution in [0.2, 0.25) is 0 Å². The largest absolute Gasteiger partial charge is 0.313 e. The molecule has 0 aliphatic carbocycles. The van der Waals surface area contributed by atoms with Crippen LogP contribution in [-0.4, -0.2) is 35.1 Å². The number of hydrazine groups is 1. The van der Waals surface area contributed by atoms with Crippen molar-refractivity contribution < 1.29 is 4.79 Å². The number of hydrogen-bond acceptors (Lipinski definition) is 3. The average Bonchev–Trinajstić information content (AvgIpc) is 2.10. The van der Waals surface area contributed by atoms with Gasteiger partial charge in [0.1, 0.15) is 0 Å². The molecule has 1 saturated heterocycles. The van der Waals surface area contributed by atoms with Crippen molar-refractivity contribution in [1.82, 2.24) is 15.8 Å². The number of piperazine rings is 1. The minimum atomic E-state index is -0.155. The zero-order chi connectivity index (χ0) is 11.7. The highest BCUT2D eigenvalue weighted by Gasteiger charge is 2.42. The maximum Gasteiger partial charge on any atom is 0.257 e. The Morgan fingerprint density at radius 3 is 2.20 bits per heavy atom. The van der Waals surface area contributed by atoms with Crippen molar-refractivity contribution >= 4 is 5.91 Å². The van der Waals surface area contributed by atoms with Crippen molar-refractivity contribution in [2.45, 2.75) is 38.8 Å². The van der Waals surface area contributed by atoms with E-state index in [1.165, 1.54) is 6.08 Å². The monoisotopic (exact) mass is 211 g/mol.